The van der Waals surface area contributed by atoms with Crippen molar-refractivity contribution in [3.05, 3.63) is 63.3 Å². The molecule has 2 aromatic rings. The first-order valence-electron chi connectivity index (χ1n) is 8.26. The molecular formula is C19H25N3O3. The van der Waals surface area contributed by atoms with E-state index in [1.165, 1.54) is 0 Å². The number of rotatable bonds is 6. The highest BCUT2D eigenvalue weighted by atomic mass is 16.3. The highest BCUT2D eigenvalue weighted by Crippen LogP contribution is 2.13. The molecule has 134 valence electrons. The number of aryl methyl sites for hydroxylation is 2. The van der Waals surface area contributed by atoms with E-state index in [-0.39, 0.29) is 24.4 Å². The van der Waals surface area contributed by atoms with Crippen molar-refractivity contribution in [2.24, 2.45) is 0 Å². The van der Waals surface area contributed by atoms with Crippen LogP contribution in [0.2, 0.25) is 0 Å². The van der Waals surface area contributed by atoms with E-state index < -0.39 is 5.60 Å². The number of nitrogens with zero attached hydrogens (tertiary/aromatic N) is 2. The molecule has 1 amide bonds. The summed E-state index contributed by atoms with van der Waals surface area (Å²) in [6, 6.07) is 9.57. The largest absolute Gasteiger partial charge is 0.389 e. The quantitative estimate of drug-likeness (QED) is 0.836. The number of carbonyl (C=O) groups is 1. The Kier molecular flexibility index (Phi) is 5.74. The summed E-state index contributed by atoms with van der Waals surface area (Å²) in [5.41, 5.74) is 0.563. The van der Waals surface area contributed by atoms with Gasteiger partial charge in [-0.3, -0.25) is 9.59 Å². The number of aliphatic hydroxyl groups is 1. The van der Waals surface area contributed by atoms with E-state index in [4.69, 9.17) is 0 Å². The van der Waals surface area contributed by atoms with E-state index in [1.807, 2.05) is 30.3 Å². The third-order valence-electron chi connectivity index (χ3n) is 3.82. The van der Waals surface area contributed by atoms with Crippen LogP contribution in [0, 0.1) is 13.8 Å². The first kappa shape index (κ1) is 18.9. The SMILES string of the molecule is Cc1nc(C)c(CC(=O)N(Cc2ccccc2)CC(C)(C)O)c(=O)[nH]1. The topological polar surface area (TPSA) is 86.3 Å². The highest BCUT2D eigenvalue weighted by Gasteiger charge is 2.24. The van der Waals surface area contributed by atoms with Crippen molar-refractivity contribution >= 4 is 5.91 Å². The molecule has 2 rings (SSSR count). The van der Waals surface area contributed by atoms with Crippen molar-refractivity contribution in [1.29, 1.82) is 0 Å². The van der Waals surface area contributed by atoms with Gasteiger partial charge in [0.05, 0.1) is 12.0 Å². The fourth-order valence-electron chi connectivity index (χ4n) is 2.73. The lowest BCUT2D eigenvalue weighted by Gasteiger charge is -2.29. The minimum atomic E-state index is -1.03. The van der Waals surface area contributed by atoms with Crippen LogP contribution in [0.3, 0.4) is 0 Å². The zero-order valence-electron chi connectivity index (χ0n) is 15.2. The number of nitrogens with one attached hydrogen (secondary N) is 1. The summed E-state index contributed by atoms with van der Waals surface area (Å²) in [7, 11) is 0. The van der Waals surface area contributed by atoms with Crippen LogP contribution in [0.5, 0.6) is 0 Å². The molecule has 1 heterocycles. The fraction of sp³-hybridized carbons (Fsp3) is 0.421. The Morgan fingerprint density at radius 1 is 1.24 bits per heavy atom. The summed E-state index contributed by atoms with van der Waals surface area (Å²) in [5, 5.41) is 10.2. The molecule has 6 nitrogen and oxygen atoms in total. The summed E-state index contributed by atoms with van der Waals surface area (Å²) in [6.07, 6.45) is -0.0443. The van der Waals surface area contributed by atoms with Crippen LogP contribution < -0.4 is 5.56 Å². The van der Waals surface area contributed by atoms with Gasteiger partial charge in [0.25, 0.3) is 5.56 Å². The number of carbonyl (C=O) groups excluding carboxylic acids is 1. The molecule has 0 aliphatic rings. The minimum Gasteiger partial charge on any atom is -0.389 e. The Morgan fingerprint density at radius 3 is 2.44 bits per heavy atom. The average Bonchev–Trinajstić information content (AvgIpc) is 2.49. The molecule has 0 spiro atoms. The van der Waals surface area contributed by atoms with Crippen LogP contribution in [-0.2, 0) is 17.8 Å². The van der Waals surface area contributed by atoms with Gasteiger partial charge in [0.2, 0.25) is 5.91 Å². The Morgan fingerprint density at radius 2 is 1.88 bits per heavy atom. The molecule has 25 heavy (non-hydrogen) atoms. The number of aromatic nitrogens is 2. The van der Waals surface area contributed by atoms with E-state index in [1.54, 1.807) is 32.6 Å². The molecule has 0 fully saturated rings. The molecule has 0 aliphatic heterocycles. The van der Waals surface area contributed by atoms with Crippen molar-refractivity contribution in [2.75, 3.05) is 6.54 Å². The third-order valence-corrected chi connectivity index (χ3v) is 3.82. The van der Waals surface area contributed by atoms with Crippen LogP contribution in [0.1, 0.15) is 36.5 Å². The molecule has 0 unspecified atom stereocenters. The normalized spacial score (nSPS) is 11.4. The molecule has 1 aromatic carbocycles. The maximum Gasteiger partial charge on any atom is 0.254 e. The second-order valence-corrected chi connectivity index (χ2v) is 6.94. The van der Waals surface area contributed by atoms with Gasteiger partial charge in [-0.25, -0.2) is 4.98 Å². The zero-order valence-corrected chi connectivity index (χ0v) is 15.2. The van der Waals surface area contributed by atoms with E-state index in [0.717, 1.165) is 5.56 Å². The number of aromatic amines is 1. The predicted molar refractivity (Wildman–Crippen MR) is 96.2 cm³/mol. The summed E-state index contributed by atoms with van der Waals surface area (Å²) in [5.74, 6) is 0.307. The number of hydrogen-bond donors (Lipinski definition) is 2. The summed E-state index contributed by atoms with van der Waals surface area (Å²) in [4.78, 5) is 33.4. The molecule has 0 saturated heterocycles. The van der Waals surface area contributed by atoms with Crippen molar-refractivity contribution < 1.29 is 9.90 Å². The van der Waals surface area contributed by atoms with Crippen LogP contribution in [0.15, 0.2) is 35.1 Å². The van der Waals surface area contributed by atoms with Crippen molar-refractivity contribution in [3.63, 3.8) is 0 Å². The molecule has 1 aromatic heterocycles. The second-order valence-electron chi connectivity index (χ2n) is 6.94. The van der Waals surface area contributed by atoms with Crippen LogP contribution in [0.25, 0.3) is 0 Å². The van der Waals surface area contributed by atoms with E-state index in [0.29, 0.717) is 23.6 Å². The molecule has 6 heteroatoms. The zero-order chi connectivity index (χ0) is 18.6. The first-order chi connectivity index (χ1) is 11.7. The Hall–Kier alpha value is -2.47. The number of hydrogen-bond acceptors (Lipinski definition) is 4. The van der Waals surface area contributed by atoms with Crippen molar-refractivity contribution in [3.8, 4) is 0 Å². The van der Waals surface area contributed by atoms with Gasteiger partial charge < -0.3 is 15.0 Å². The lowest BCUT2D eigenvalue weighted by molar-refractivity contribution is -0.134. The molecule has 0 radical (unpaired) electrons. The minimum absolute atomic E-state index is 0.0443. The molecule has 0 saturated carbocycles. The van der Waals surface area contributed by atoms with Crippen molar-refractivity contribution in [2.45, 2.75) is 46.3 Å². The molecule has 0 atom stereocenters. The van der Waals surface area contributed by atoms with Gasteiger partial charge >= 0.3 is 0 Å². The summed E-state index contributed by atoms with van der Waals surface area (Å²) < 4.78 is 0. The number of amides is 1. The van der Waals surface area contributed by atoms with Gasteiger partial charge in [-0.15, -0.1) is 0 Å². The fourth-order valence-corrected chi connectivity index (χ4v) is 2.73. The van der Waals surface area contributed by atoms with Gasteiger partial charge in [-0.2, -0.15) is 0 Å². The van der Waals surface area contributed by atoms with E-state index >= 15 is 0 Å². The average molecular weight is 343 g/mol. The number of H-pyrrole nitrogens is 1. The smallest absolute Gasteiger partial charge is 0.254 e. The van der Waals surface area contributed by atoms with Crippen LogP contribution in [0.4, 0.5) is 0 Å². The Labute approximate surface area is 147 Å². The van der Waals surface area contributed by atoms with Crippen LogP contribution >= 0.6 is 0 Å². The monoisotopic (exact) mass is 343 g/mol. The van der Waals surface area contributed by atoms with Gasteiger partial charge in [0, 0.05) is 24.3 Å². The lowest BCUT2D eigenvalue weighted by atomic mass is 10.1. The van der Waals surface area contributed by atoms with Crippen molar-refractivity contribution in [1.82, 2.24) is 14.9 Å². The van der Waals surface area contributed by atoms with E-state index in [2.05, 4.69) is 9.97 Å². The van der Waals surface area contributed by atoms with E-state index in [9.17, 15) is 14.7 Å². The molecular weight excluding hydrogens is 318 g/mol. The van der Waals surface area contributed by atoms with Gasteiger partial charge in [0.1, 0.15) is 5.82 Å². The standard InChI is InChI=1S/C19H25N3O3/c1-13-16(18(24)21-14(2)20-13)10-17(23)22(12-19(3,4)25)11-15-8-6-5-7-9-15/h5-9,25H,10-12H2,1-4H3,(H,20,21,24). The highest BCUT2D eigenvalue weighted by molar-refractivity contribution is 5.79. The predicted octanol–water partition coefficient (Wildman–Crippen LogP) is 1.73. The van der Waals surface area contributed by atoms with Gasteiger partial charge in [-0.1, -0.05) is 30.3 Å². The Balaban J connectivity index is 2.25. The maximum atomic E-state index is 12.8. The van der Waals surface area contributed by atoms with Gasteiger partial charge in [0.15, 0.2) is 0 Å². The maximum absolute atomic E-state index is 12.8. The molecule has 2 N–H and O–H groups in total. The van der Waals surface area contributed by atoms with Gasteiger partial charge in [-0.05, 0) is 33.3 Å². The number of benzene rings is 1. The first-order valence-corrected chi connectivity index (χ1v) is 8.26. The Bertz CT molecular complexity index is 792. The molecule has 0 aliphatic carbocycles. The molecule has 0 bridgehead atoms. The lowest BCUT2D eigenvalue weighted by Crippen LogP contribution is -2.43. The summed E-state index contributed by atoms with van der Waals surface area (Å²) >= 11 is 0. The van der Waals surface area contributed by atoms with Crippen LogP contribution in [-0.4, -0.2) is 38.0 Å². The summed E-state index contributed by atoms with van der Waals surface area (Å²) in [6.45, 7) is 7.29. The second kappa shape index (κ2) is 7.61. The third kappa shape index (κ3) is 5.53.